The van der Waals surface area contributed by atoms with E-state index in [1.807, 2.05) is 0 Å². The number of rotatable bonds is 5. The second kappa shape index (κ2) is 10.2. The Bertz CT molecular complexity index is 274. The zero-order valence-corrected chi connectivity index (χ0v) is 8.82. The fraction of sp³-hybridized carbons (Fsp3) is 0.500. The Balaban J connectivity index is 0. The molecule has 0 aromatic carbocycles. The Morgan fingerprint density at radius 3 is 2.25 bits per heavy atom. The molecule has 0 spiro atoms. The molecule has 0 amide bonds. The van der Waals surface area contributed by atoms with Crippen LogP contribution in [0.25, 0.3) is 0 Å². The molecule has 0 aromatic heterocycles. The summed E-state index contributed by atoms with van der Waals surface area (Å²) in [6, 6.07) is 0. The summed E-state index contributed by atoms with van der Waals surface area (Å²) >= 11 is 0. The van der Waals surface area contributed by atoms with Gasteiger partial charge in [0, 0.05) is 6.08 Å². The Morgan fingerprint density at radius 1 is 1.31 bits per heavy atom. The number of hydrogen-bond acceptors (Lipinski definition) is 5. The third-order valence-electron chi connectivity index (χ3n) is 1.72. The zero-order chi connectivity index (χ0) is 11.8. The van der Waals surface area contributed by atoms with Crippen LogP contribution in [0.4, 0.5) is 0 Å². The van der Waals surface area contributed by atoms with Crippen LogP contribution in [0.3, 0.4) is 0 Å². The molecule has 0 aliphatic heterocycles. The minimum absolute atomic E-state index is 0. The van der Waals surface area contributed by atoms with E-state index in [0.29, 0.717) is 6.42 Å². The number of carbonyl (C=O) groups excluding carboxylic acids is 3. The number of ether oxygens (including phenoxy) is 2. The molecule has 0 radical (unpaired) electrons. The van der Waals surface area contributed by atoms with Crippen molar-refractivity contribution in [3.63, 3.8) is 0 Å². The maximum atomic E-state index is 11.3. The van der Waals surface area contributed by atoms with Crippen LogP contribution in [-0.2, 0) is 23.9 Å². The predicted octanol–water partition coefficient (Wildman–Crippen LogP) is 0.183. The van der Waals surface area contributed by atoms with Crippen molar-refractivity contribution >= 4 is 69.3 Å². The van der Waals surface area contributed by atoms with Crippen molar-refractivity contribution < 1.29 is 23.9 Å². The first-order valence-corrected chi connectivity index (χ1v) is 4.52. The SMILES string of the molecule is C=CC(=O)OC(=O)C(CCC)C(=O)OC.[KH]. The molecule has 0 heterocycles. The summed E-state index contributed by atoms with van der Waals surface area (Å²) in [6.07, 6.45) is 1.76. The van der Waals surface area contributed by atoms with E-state index >= 15 is 0 Å². The molecule has 86 valence electrons. The molecule has 0 N–H and O–H groups in total. The van der Waals surface area contributed by atoms with Crippen LogP contribution < -0.4 is 0 Å². The van der Waals surface area contributed by atoms with E-state index in [0.717, 1.165) is 6.08 Å². The van der Waals surface area contributed by atoms with Crippen LogP contribution in [0.5, 0.6) is 0 Å². The molecular weight excluding hydrogens is 239 g/mol. The van der Waals surface area contributed by atoms with Crippen molar-refractivity contribution in [2.45, 2.75) is 19.8 Å². The topological polar surface area (TPSA) is 69.7 Å². The van der Waals surface area contributed by atoms with E-state index in [9.17, 15) is 14.4 Å². The Hall–Kier alpha value is -0.0136. The molecule has 0 bridgehead atoms. The van der Waals surface area contributed by atoms with Gasteiger partial charge in [-0.05, 0) is 6.42 Å². The Labute approximate surface area is 137 Å². The van der Waals surface area contributed by atoms with Crippen molar-refractivity contribution in [1.82, 2.24) is 0 Å². The summed E-state index contributed by atoms with van der Waals surface area (Å²) in [7, 11) is 1.17. The predicted molar refractivity (Wildman–Crippen MR) is 58.9 cm³/mol. The molecule has 0 saturated heterocycles. The van der Waals surface area contributed by atoms with Crippen molar-refractivity contribution in [1.29, 1.82) is 0 Å². The van der Waals surface area contributed by atoms with Crippen LogP contribution in [0.2, 0.25) is 0 Å². The van der Waals surface area contributed by atoms with E-state index < -0.39 is 23.8 Å². The third-order valence-corrected chi connectivity index (χ3v) is 1.72. The summed E-state index contributed by atoms with van der Waals surface area (Å²) in [4.78, 5) is 33.2. The van der Waals surface area contributed by atoms with E-state index in [2.05, 4.69) is 16.1 Å². The molecule has 0 fully saturated rings. The average Bonchev–Trinajstić information content (AvgIpc) is 2.24. The van der Waals surface area contributed by atoms with E-state index in [1.165, 1.54) is 7.11 Å². The molecule has 0 rings (SSSR count). The van der Waals surface area contributed by atoms with Gasteiger partial charge in [-0.15, -0.1) is 0 Å². The summed E-state index contributed by atoms with van der Waals surface area (Å²) in [5.74, 6) is -3.50. The Morgan fingerprint density at radius 2 is 1.88 bits per heavy atom. The van der Waals surface area contributed by atoms with E-state index in [4.69, 9.17) is 0 Å². The second-order valence-electron chi connectivity index (χ2n) is 2.81. The summed E-state index contributed by atoms with van der Waals surface area (Å²) < 4.78 is 8.76. The molecular formula is C10H15KO5. The fourth-order valence-electron chi connectivity index (χ4n) is 0.975. The van der Waals surface area contributed by atoms with Gasteiger partial charge >= 0.3 is 69.3 Å². The van der Waals surface area contributed by atoms with Crippen molar-refractivity contribution in [3.8, 4) is 0 Å². The maximum absolute atomic E-state index is 11.3. The van der Waals surface area contributed by atoms with Gasteiger partial charge < -0.3 is 9.47 Å². The molecule has 6 heteroatoms. The summed E-state index contributed by atoms with van der Waals surface area (Å²) in [5, 5.41) is 0. The summed E-state index contributed by atoms with van der Waals surface area (Å²) in [5.41, 5.74) is 0. The van der Waals surface area contributed by atoms with Crippen LogP contribution in [0.1, 0.15) is 19.8 Å². The van der Waals surface area contributed by atoms with E-state index in [1.54, 1.807) is 6.92 Å². The second-order valence-corrected chi connectivity index (χ2v) is 2.81. The van der Waals surface area contributed by atoms with Gasteiger partial charge in [0.25, 0.3) is 0 Å². The van der Waals surface area contributed by atoms with Gasteiger partial charge in [-0.2, -0.15) is 0 Å². The molecule has 1 atom stereocenters. The van der Waals surface area contributed by atoms with Crippen molar-refractivity contribution in [2.24, 2.45) is 5.92 Å². The third kappa shape index (κ3) is 6.54. The molecule has 0 saturated carbocycles. The molecule has 0 aromatic rings. The number of hydrogen-bond donors (Lipinski definition) is 0. The van der Waals surface area contributed by atoms with Gasteiger partial charge in [-0.3, -0.25) is 9.59 Å². The van der Waals surface area contributed by atoms with Crippen LogP contribution >= 0.6 is 0 Å². The van der Waals surface area contributed by atoms with Gasteiger partial charge in [-0.25, -0.2) is 4.79 Å². The van der Waals surface area contributed by atoms with E-state index in [-0.39, 0.29) is 57.8 Å². The zero-order valence-electron chi connectivity index (χ0n) is 8.82. The van der Waals surface area contributed by atoms with Gasteiger partial charge in [-0.1, -0.05) is 19.9 Å². The molecule has 16 heavy (non-hydrogen) atoms. The van der Waals surface area contributed by atoms with Gasteiger partial charge in [0.2, 0.25) is 0 Å². The van der Waals surface area contributed by atoms with Crippen LogP contribution in [0, 0.1) is 5.92 Å². The van der Waals surface area contributed by atoms with Gasteiger partial charge in [0.1, 0.15) is 0 Å². The quantitative estimate of drug-likeness (QED) is 0.303. The number of esters is 3. The molecule has 1 unspecified atom stereocenters. The fourth-order valence-corrected chi connectivity index (χ4v) is 0.975. The van der Waals surface area contributed by atoms with Crippen molar-refractivity contribution in [2.75, 3.05) is 7.11 Å². The standard InChI is InChI=1S/C10H14O5.K.H/c1-4-6-7(9(12)14-3)10(13)15-8(11)5-2;;/h5,7H,2,4,6H2,1,3H3;;. The first-order valence-electron chi connectivity index (χ1n) is 4.52. The average molecular weight is 254 g/mol. The monoisotopic (exact) mass is 254 g/mol. The first-order chi connectivity index (χ1) is 7.06. The van der Waals surface area contributed by atoms with Gasteiger partial charge in [0.05, 0.1) is 7.11 Å². The summed E-state index contributed by atoms with van der Waals surface area (Å²) in [6.45, 7) is 4.95. The number of carbonyl (C=O) groups is 3. The van der Waals surface area contributed by atoms with Crippen LogP contribution in [-0.4, -0.2) is 76.4 Å². The van der Waals surface area contributed by atoms with Crippen LogP contribution in [0.15, 0.2) is 12.7 Å². The number of methoxy groups -OCH3 is 1. The molecule has 0 aliphatic rings. The van der Waals surface area contributed by atoms with Crippen molar-refractivity contribution in [3.05, 3.63) is 12.7 Å². The normalized spacial score (nSPS) is 10.6. The molecule has 0 aliphatic carbocycles. The first kappa shape index (κ1) is 18.4. The van der Waals surface area contributed by atoms with Gasteiger partial charge in [0.15, 0.2) is 5.92 Å². The Kier molecular flexibility index (Phi) is 11.7. The minimum atomic E-state index is -1.04. The molecule has 5 nitrogen and oxygen atoms in total.